The van der Waals surface area contributed by atoms with Crippen molar-refractivity contribution in [1.29, 1.82) is 0 Å². The molecule has 1 saturated heterocycles. The molecule has 1 aromatic carbocycles. The molecule has 1 aliphatic heterocycles. The topological polar surface area (TPSA) is 86.1 Å². The SMILES string of the molecule is COc1ccc(OCC(=O)N(Cc2ccco2)[C@H]2CCS(=O)(=O)C2)cc1. The highest BCUT2D eigenvalue weighted by Gasteiger charge is 2.35. The molecule has 1 aliphatic rings. The van der Waals surface area contributed by atoms with Crippen molar-refractivity contribution in [2.75, 3.05) is 25.2 Å². The second-order valence-corrected chi connectivity index (χ2v) is 8.35. The lowest BCUT2D eigenvalue weighted by atomic mass is 10.2. The van der Waals surface area contributed by atoms with Gasteiger partial charge in [0, 0.05) is 6.04 Å². The fraction of sp³-hybridized carbons (Fsp3) is 0.389. The van der Waals surface area contributed by atoms with Gasteiger partial charge in [0.15, 0.2) is 16.4 Å². The van der Waals surface area contributed by atoms with Crippen LogP contribution in [0.3, 0.4) is 0 Å². The highest BCUT2D eigenvalue weighted by molar-refractivity contribution is 7.91. The third-order valence-corrected chi connectivity index (χ3v) is 6.05. The Morgan fingerprint density at radius 2 is 1.96 bits per heavy atom. The Labute approximate surface area is 152 Å². The molecule has 0 saturated carbocycles. The van der Waals surface area contributed by atoms with Gasteiger partial charge in [-0.25, -0.2) is 8.42 Å². The van der Waals surface area contributed by atoms with Crippen LogP contribution in [-0.4, -0.2) is 50.5 Å². The van der Waals surface area contributed by atoms with Crippen molar-refractivity contribution >= 4 is 15.7 Å². The van der Waals surface area contributed by atoms with Crippen molar-refractivity contribution in [2.45, 2.75) is 19.0 Å². The second-order valence-electron chi connectivity index (χ2n) is 6.12. The van der Waals surface area contributed by atoms with E-state index < -0.39 is 9.84 Å². The van der Waals surface area contributed by atoms with Crippen LogP contribution in [-0.2, 0) is 21.2 Å². The lowest BCUT2D eigenvalue weighted by Gasteiger charge is -2.27. The zero-order valence-electron chi connectivity index (χ0n) is 14.5. The number of rotatable bonds is 7. The number of benzene rings is 1. The van der Waals surface area contributed by atoms with E-state index in [1.807, 2.05) is 0 Å². The highest BCUT2D eigenvalue weighted by atomic mass is 32.2. The molecule has 0 bridgehead atoms. The smallest absolute Gasteiger partial charge is 0.261 e. The van der Waals surface area contributed by atoms with Gasteiger partial charge in [-0.1, -0.05) is 0 Å². The van der Waals surface area contributed by atoms with Crippen LogP contribution in [0.5, 0.6) is 11.5 Å². The van der Waals surface area contributed by atoms with Gasteiger partial charge in [0.05, 0.1) is 31.4 Å². The van der Waals surface area contributed by atoms with E-state index >= 15 is 0 Å². The minimum absolute atomic E-state index is 0.0258. The van der Waals surface area contributed by atoms with Crippen LogP contribution in [0.1, 0.15) is 12.2 Å². The summed E-state index contributed by atoms with van der Waals surface area (Å²) in [5.41, 5.74) is 0. The Morgan fingerprint density at radius 3 is 2.54 bits per heavy atom. The minimum atomic E-state index is -3.11. The molecule has 0 N–H and O–H groups in total. The van der Waals surface area contributed by atoms with E-state index in [2.05, 4.69) is 0 Å². The van der Waals surface area contributed by atoms with E-state index in [-0.39, 0.29) is 36.6 Å². The third-order valence-electron chi connectivity index (χ3n) is 4.30. The quantitative estimate of drug-likeness (QED) is 0.730. The van der Waals surface area contributed by atoms with E-state index in [0.29, 0.717) is 23.7 Å². The first-order valence-electron chi connectivity index (χ1n) is 8.26. The van der Waals surface area contributed by atoms with Gasteiger partial charge >= 0.3 is 0 Å². The van der Waals surface area contributed by atoms with Gasteiger partial charge < -0.3 is 18.8 Å². The number of hydrogen-bond donors (Lipinski definition) is 0. The van der Waals surface area contributed by atoms with Crippen LogP contribution < -0.4 is 9.47 Å². The number of amides is 1. The molecule has 1 aromatic heterocycles. The maximum atomic E-state index is 12.7. The number of furan rings is 1. The molecule has 1 fully saturated rings. The lowest BCUT2D eigenvalue weighted by molar-refractivity contribution is -0.136. The molecule has 0 radical (unpaired) electrons. The fourth-order valence-electron chi connectivity index (χ4n) is 2.91. The Kier molecular flexibility index (Phi) is 5.51. The molecule has 0 aliphatic carbocycles. The first kappa shape index (κ1) is 18.3. The van der Waals surface area contributed by atoms with Crippen LogP contribution in [0.25, 0.3) is 0 Å². The number of hydrogen-bond acceptors (Lipinski definition) is 6. The minimum Gasteiger partial charge on any atom is -0.497 e. The van der Waals surface area contributed by atoms with Gasteiger partial charge in [0.1, 0.15) is 17.3 Å². The lowest BCUT2D eigenvalue weighted by Crippen LogP contribution is -2.43. The summed E-state index contributed by atoms with van der Waals surface area (Å²) in [5, 5.41) is 0. The van der Waals surface area contributed by atoms with Crippen LogP contribution in [0.4, 0.5) is 0 Å². The molecule has 26 heavy (non-hydrogen) atoms. The predicted octanol–water partition coefficient (Wildman–Crippen LogP) is 1.88. The molecule has 2 heterocycles. The predicted molar refractivity (Wildman–Crippen MR) is 94.8 cm³/mol. The summed E-state index contributed by atoms with van der Waals surface area (Å²) in [5.74, 6) is 1.63. The Morgan fingerprint density at radius 1 is 1.23 bits per heavy atom. The molecule has 3 rings (SSSR count). The molecule has 2 aromatic rings. The summed E-state index contributed by atoms with van der Waals surface area (Å²) in [6, 6.07) is 10.0. The zero-order chi connectivity index (χ0) is 18.6. The van der Waals surface area contributed by atoms with Crippen molar-refractivity contribution in [3.05, 3.63) is 48.4 Å². The Bertz CT molecular complexity index is 829. The molecule has 140 valence electrons. The molecule has 1 amide bonds. The third kappa shape index (κ3) is 4.57. The molecule has 7 nitrogen and oxygen atoms in total. The number of carbonyl (C=O) groups is 1. The average Bonchev–Trinajstić information content (AvgIpc) is 3.27. The zero-order valence-corrected chi connectivity index (χ0v) is 15.3. The molecular weight excluding hydrogens is 358 g/mol. The molecule has 0 unspecified atom stereocenters. The average molecular weight is 379 g/mol. The number of nitrogens with zero attached hydrogens (tertiary/aromatic N) is 1. The summed E-state index contributed by atoms with van der Waals surface area (Å²) in [6.45, 7) is 0.0432. The van der Waals surface area contributed by atoms with Crippen molar-refractivity contribution in [1.82, 2.24) is 4.90 Å². The van der Waals surface area contributed by atoms with Gasteiger partial charge in [0.2, 0.25) is 0 Å². The van der Waals surface area contributed by atoms with Crippen molar-refractivity contribution < 1.29 is 27.1 Å². The summed E-state index contributed by atoms with van der Waals surface area (Å²) >= 11 is 0. The molecule has 8 heteroatoms. The van der Waals surface area contributed by atoms with Gasteiger partial charge in [-0.05, 0) is 42.8 Å². The Hall–Kier alpha value is -2.48. The summed E-state index contributed by atoms with van der Waals surface area (Å²) in [4.78, 5) is 14.2. The summed E-state index contributed by atoms with van der Waals surface area (Å²) < 4.78 is 39.6. The van der Waals surface area contributed by atoms with E-state index in [0.717, 1.165) is 0 Å². The normalized spacial score (nSPS) is 18.4. The number of ether oxygens (including phenoxy) is 2. The maximum Gasteiger partial charge on any atom is 0.261 e. The van der Waals surface area contributed by atoms with Gasteiger partial charge in [-0.3, -0.25) is 4.79 Å². The standard InChI is InChI=1S/C18H21NO6S/c1-23-15-4-6-16(7-5-15)25-12-18(20)19(11-17-3-2-9-24-17)14-8-10-26(21,22)13-14/h2-7,9,14H,8,10-13H2,1H3/t14-/m0/s1. The van der Waals surface area contributed by atoms with Gasteiger partial charge in [0.25, 0.3) is 5.91 Å². The largest absolute Gasteiger partial charge is 0.497 e. The van der Waals surface area contributed by atoms with Crippen molar-refractivity contribution in [2.24, 2.45) is 0 Å². The second kappa shape index (κ2) is 7.82. The van der Waals surface area contributed by atoms with Crippen LogP contribution in [0.2, 0.25) is 0 Å². The number of carbonyl (C=O) groups excluding carboxylic acids is 1. The van der Waals surface area contributed by atoms with Crippen molar-refractivity contribution in [3.63, 3.8) is 0 Å². The maximum absolute atomic E-state index is 12.7. The van der Waals surface area contributed by atoms with Crippen LogP contribution in [0, 0.1) is 0 Å². The monoisotopic (exact) mass is 379 g/mol. The molecular formula is C18H21NO6S. The van der Waals surface area contributed by atoms with E-state index in [4.69, 9.17) is 13.9 Å². The summed E-state index contributed by atoms with van der Waals surface area (Å²) in [7, 11) is -1.54. The Balaban J connectivity index is 1.67. The highest BCUT2D eigenvalue weighted by Crippen LogP contribution is 2.21. The van der Waals surface area contributed by atoms with E-state index in [1.54, 1.807) is 43.5 Å². The first-order chi connectivity index (χ1) is 12.5. The molecule has 0 spiro atoms. The van der Waals surface area contributed by atoms with Gasteiger partial charge in [-0.2, -0.15) is 0 Å². The van der Waals surface area contributed by atoms with Gasteiger partial charge in [-0.15, -0.1) is 0 Å². The number of sulfone groups is 1. The van der Waals surface area contributed by atoms with Crippen LogP contribution in [0.15, 0.2) is 47.1 Å². The summed E-state index contributed by atoms with van der Waals surface area (Å²) in [6.07, 6.45) is 1.95. The van der Waals surface area contributed by atoms with E-state index in [9.17, 15) is 13.2 Å². The number of methoxy groups -OCH3 is 1. The van der Waals surface area contributed by atoms with E-state index in [1.165, 1.54) is 11.2 Å². The molecule has 1 atom stereocenters. The van der Waals surface area contributed by atoms with Crippen molar-refractivity contribution in [3.8, 4) is 11.5 Å². The first-order valence-corrected chi connectivity index (χ1v) is 10.1. The fourth-order valence-corrected chi connectivity index (χ4v) is 4.64. The van der Waals surface area contributed by atoms with Crippen LogP contribution >= 0.6 is 0 Å².